The van der Waals surface area contributed by atoms with Crippen LogP contribution in [0.15, 0.2) is 0 Å². The molecule has 0 aromatic carbocycles. The van der Waals surface area contributed by atoms with E-state index in [0.29, 0.717) is 6.42 Å². The number of aliphatic hydroxyl groups is 1. The average molecular weight is 362 g/mol. The second kappa shape index (κ2) is 10.9. The predicted molar refractivity (Wildman–Crippen MR) is 91.1 cm³/mol. The molecule has 0 aliphatic heterocycles. The number of carbonyl (C=O) groups excluding carboxylic acids is 4. The molecule has 0 heterocycles. The SMILES string of the molecule is CC[C@H](C)C(=O)N[C@@H](CS)C(=O)N[C@@H](C)C(=O)N[C@@H](CO)C(N)=O. The molecule has 0 rings (SSSR count). The molecule has 0 aromatic heterocycles. The minimum Gasteiger partial charge on any atom is -0.394 e. The quantitative estimate of drug-likeness (QED) is 0.246. The molecule has 0 aromatic rings. The van der Waals surface area contributed by atoms with E-state index >= 15 is 0 Å². The number of hydrogen-bond donors (Lipinski definition) is 6. The largest absolute Gasteiger partial charge is 0.394 e. The van der Waals surface area contributed by atoms with Crippen molar-refractivity contribution < 1.29 is 24.3 Å². The number of nitrogens with one attached hydrogen (secondary N) is 3. The summed E-state index contributed by atoms with van der Waals surface area (Å²) in [6.07, 6.45) is 0.626. The van der Waals surface area contributed by atoms with Crippen LogP contribution in [0.2, 0.25) is 0 Å². The second-order valence-corrected chi connectivity index (χ2v) is 5.79. The third-order valence-electron chi connectivity index (χ3n) is 3.47. The highest BCUT2D eigenvalue weighted by molar-refractivity contribution is 7.80. The van der Waals surface area contributed by atoms with E-state index in [4.69, 9.17) is 10.8 Å². The van der Waals surface area contributed by atoms with Crippen LogP contribution in [0, 0.1) is 5.92 Å². The molecule has 0 bridgehead atoms. The Morgan fingerprint density at radius 3 is 1.96 bits per heavy atom. The summed E-state index contributed by atoms with van der Waals surface area (Å²) in [6.45, 7) is 4.33. The minimum absolute atomic E-state index is 0.0584. The Morgan fingerprint density at radius 2 is 1.54 bits per heavy atom. The van der Waals surface area contributed by atoms with E-state index in [9.17, 15) is 19.2 Å². The zero-order chi connectivity index (χ0) is 18.9. The van der Waals surface area contributed by atoms with Gasteiger partial charge in [-0.15, -0.1) is 0 Å². The van der Waals surface area contributed by atoms with Crippen LogP contribution < -0.4 is 21.7 Å². The molecule has 0 fully saturated rings. The van der Waals surface area contributed by atoms with Gasteiger partial charge in [-0.25, -0.2) is 0 Å². The Hall–Kier alpha value is -1.81. The lowest BCUT2D eigenvalue weighted by molar-refractivity contribution is -0.133. The third kappa shape index (κ3) is 7.18. The molecule has 0 aliphatic carbocycles. The van der Waals surface area contributed by atoms with Crippen molar-refractivity contribution >= 4 is 36.3 Å². The monoisotopic (exact) mass is 362 g/mol. The number of rotatable bonds is 10. The van der Waals surface area contributed by atoms with Crippen LogP contribution in [0.25, 0.3) is 0 Å². The smallest absolute Gasteiger partial charge is 0.244 e. The topological polar surface area (TPSA) is 151 Å². The summed E-state index contributed by atoms with van der Waals surface area (Å²) in [5, 5.41) is 16.1. The average Bonchev–Trinajstić information content (AvgIpc) is 2.55. The standard InChI is InChI=1S/C14H26N4O5S/c1-4-7(2)12(21)18-10(6-24)14(23)16-8(3)13(22)17-9(5-19)11(15)20/h7-10,19,24H,4-6H2,1-3H3,(H2,15,20)(H,16,23)(H,17,22)(H,18,21)/t7-,8-,9-,10-/m0/s1. The number of aliphatic hydroxyl groups excluding tert-OH is 1. The van der Waals surface area contributed by atoms with Gasteiger partial charge < -0.3 is 26.8 Å². The van der Waals surface area contributed by atoms with E-state index in [1.54, 1.807) is 6.92 Å². The van der Waals surface area contributed by atoms with Crippen LogP contribution in [0.4, 0.5) is 0 Å². The summed E-state index contributed by atoms with van der Waals surface area (Å²) in [7, 11) is 0. The van der Waals surface area contributed by atoms with Gasteiger partial charge >= 0.3 is 0 Å². The Morgan fingerprint density at radius 1 is 1.00 bits per heavy atom. The summed E-state index contributed by atoms with van der Waals surface area (Å²) in [4.78, 5) is 46.8. The first-order chi connectivity index (χ1) is 11.2. The van der Waals surface area contributed by atoms with Crippen molar-refractivity contribution in [1.82, 2.24) is 16.0 Å². The molecule has 4 amide bonds. The zero-order valence-electron chi connectivity index (χ0n) is 14.0. The maximum absolute atomic E-state index is 12.1. The van der Waals surface area contributed by atoms with Crippen LogP contribution in [0.1, 0.15) is 27.2 Å². The van der Waals surface area contributed by atoms with E-state index in [0.717, 1.165) is 0 Å². The fourth-order valence-electron chi connectivity index (χ4n) is 1.58. The van der Waals surface area contributed by atoms with E-state index in [1.807, 2.05) is 6.92 Å². The molecule has 0 saturated heterocycles. The van der Waals surface area contributed by atoms with E-state index in [1.165, 1.54) is 6.92 Å². The molecular weight excluding hydrogens is 336 g/mol. The van der Waals surface area contributed by atoms with Crippen molar-refractivity contribution in [2.75, 3.05) is 12.4 Å². The van der Waals surface area contributed by atoms with Crippen LogP contribution in [-0.2, 0) is 19.2 Å². The molecule has 138 valence electrons. The Balaban J connectivity index is 4.67. The van der Waals surface area contributed by atoms with Crippen LogP contribution in [0.5, 0.6) is 0 Å². The molecule has 6 N–H and O–H groups in total. The molecule has 10 heteroatoms. The summed E-state index contributed by atoms with van der Waals surface area (Å²) < 4.78 is 0. The van der Waals surface area contributed by atoms with Crippen LogP contribution >= 0.6 is 12.6 Å². The van der Waals surface area contributed by atoms with Gasteiger partial charge in [0.25, 0.3) is 0 Å². The minimum atomic E-state index is -1.23. The van der Waals surface area contributed by atoms with Gasteiger partial charge in [0.2, 0.25) is 23.6 Å². The van der Waals surface area contributed by atoms with Gasteiger partial charge in [0.15, 0.2) is 0 Å². The van der Waals surface area contributed by atoms with Gasteiger partial charge in [-0.1, -0.05) is 13.8 Å². The molecule has 0 saturated carbocycles. The molecule has 4 atom stereocenters. The third-order valence-corrected chi connectivity index (χ3v) is 3.84. The molecule has 0 unspecified atom stereocenters. The number of nitrogens with two attached hydrogens (primary N) is 1. The molecule has 0 radical (unpaired) electrons. The number of hydrogen-bond acceptors (Lipinski definition) is 6. The highest BCUT2D eigenvalue weighted by atomic mass is 32.1. The van der Waals surface area contributed by atoms with E-state index in [2.05, 4.69) is 28.6 Å². The Bertz CT molecular complexity index is 474. The lowest BCUT2D eigenvalue weighted by Gasteiger charge is -2.22. The van der Waals surface area contributed by atoms with Crippen molar-refractivity contribution in [3.05, 3.63) is 0 Å². The first-order valence-corrected chi connectivity index (χ1v) is 8.23. The van der Waals surface area contributed by atoms with Crippen molar-refractivity contribution in [1.29, 1.82) is 0 Å². The highest BCUT2D eigenvalue weighted by Gasteiger charge is 2.26. The lowest BCUT2D eigenvalue weighted by Crippen LogP contribution is -2.56. The predicted octanol–water partition coefficient (Wildman–Crippen LogP) is -2.09. The second-order valence-electron chi connectivity index (χ2n) is 5.43. The molecular formula is C14H26N4O5S. The summed E-state index contributed by atoms with van der Waals surface area (Å²) >= 11 is 4.03. The molecule has 24 heavy (non-hydrogen) atoms. The van der Waals surface area contributed by atoms with Crippen LogP contribution in [0.3, 0.4) is 0 Å². The van der Waals surface area contributed by atoms with Crippen molar-refractivity contribution in [2.45, 2.75) is 45.3 Å². The number of amides is 4. The number of primary amides is 1. The maximum Gasteiger partial charge on any atom is 0.244 e. The van der Waals surface area contributed by atoms with Crippen molar-refractivity contribution in [3.8, 4) is 0 Å². The lowest BCUT2D eigenvalue weighted by atomic mass is 10.1. The van der Waals surface area contributed by atoms with E-state index in [-0.39, 0.29) is 17.6 Å². The fraction of sp³-hybridized carbons (Fsp3) is 0.714. The van der Waals surface area contributed by atoms with Gasteiger partial charge in [-0.3, -0.25) is 19.2 Å². The van der Waals surface area contributed by atoms with Gasteiger partial charge in [0.1, 0.15) is 18.1 Å². The van der Waals surface area contributed by atoms with Gasteiger partial charge in [-0.2, -0.15) is 12.6 Å². The fourth-order valence-corrected chi connectivity index (χ4v) is 1.83. The summed E-state index contributed by atoms with van der Waals surface area (Å²) in [6, 6.07) is -3.12. The van der Waals surface area contributed by atoms with E-state index < -0.39 is 42.5 Å². The summed E-state index contributed by atoms with van der Waals surface area (Å²) in [5.41, 5.74) is 5.00. The highest BCUT2D eigenvalue weighted by Crippen LogP contribution is 2.02. The molecule has 0 spiro atoms. The first kappa shape index (κ1) is 22.2. The first-order valence-electron chi connectivity index (χ1n) is 7.59. The van der Waals surface area contributed by atoms with Crippen LogP contribution in [-0.4, -0.2) is 59.2 Å². The normalized spacial score (nSPS) is 15.5. The maximum atomic E-state index is 12.1. The van der Waals surface area contributed by atoms with Gasteiger partial charge in [-0.05, 0) is 13.3 Å². The summed E-state index contributed by atoms with van der Waals surface area (Å²) in [5.74, 6) is -2.63. The number of carbonyl (C=O) groups is 4. The Kier molecular flexibility index (Phi) is 10.0. The van der Waals surface area contributed by atoms with Gasteiger partial charge in [0.05, 0.1) is 6.61 Å². The molecule has 0 aliphatic rings. The molecule has 9 nitrogen and oxygen atoms in total. The van der Waals surface area contributed by atoms with Gasteiger partial charge in [0, 0.05) is 11.7 Å². The Labute approximate surface area is 146 Å². The van der Waals surface area contributed by atoms with Crippen molar-refractivity contribution in [2.24, 2.45) is 11.7 Å². The zero-order valence-corrected chi connectivity index (χ0v) is 14.9. The number of thiol groups is 1. The van der Waals surface area contributed by atoms with Crippen molar-refractivity contribution in [3.63, 3.8) is 0 Å².